The monoisotopic (exact) mass is 400 g/mol. The number of aromatic nitrogens is 2. The number of nitrogens with one attached hydrogen (secondary N) is 1. The summed E-state index contributed by atoms with van der Waals surface area (Å²) in [5, 5.41) is 7.64. The van der Waals surface area contributed by atoms with Crippen LogP contribution in [0.1, 0.15) is 18.1 Å². The molecule has 0 bridgehead atoms. The predicted octanol–water partition coefficient (Wildman–Crippen LogP) is 1.72. The van der Waals surface area contributed by atoms with Crippen LogP contribution in [0.15, 0.2) is 35.6 Å². The molecule has 8 heteroatoms. The van der Waals surface area contributed by atoms with Crippen LogP contribution in [0.4, 0.5) is 0 Å². The van der Waals surface area contributed by atoms with Crippen molar-refractivity contribution in [3.63, 3.8) is 0 Å². The van der Waals surface area contributed by atoms with Gasteiger partial charge in [0.15, 0.2) is 5.96 Å². The Morgan fingerprint density at radius 3 is 2.59 bits per heavy atom. The first kappa shape index (κ1) is 21.0. The third-order valence-corrected chi connectivity index (χ3v) is 5.06. The molecule has 0 unspecified atom stereocenters. The van der Waals surface area contributed by atoms with Gasteiger partial charge in [-0.05, 0) is 25.1 Å². The van der Waals surface area contributed by atoms with Crippen molar-refractivity contribution in [2.45, 2.75) is 20.0 Å². The maximum Gasteiger partial charge on any atom is 0.194 e. The number of guanidine groups is 1. The van der Waals surface area contributed by atoms with Gasteiger partial charge in [0, 0.05) is 63.6 Å². The number of nitrogens with zero attached hydrogens (tertiary/aromatic N) is 5. The van der Waals surface area contributed by atoms with Gasteiger partial charge >= 0.3 is 0 Å². The van der Waals surface area contributed by atoms with Gasteiger partial charge in [-0.1, -0.05) is 0 Å². The number of hydrogen-bond donors (Lipinski definition) is 1. The highest BCUT2D eigenvalue weighted by Crippen LogP contribution is 2.25. The van der Waals surface area contributed by atoms with Crippen molar-refractivity contribution < 1.29 is 9.47 Å². The summed E-state index contributed by atoms with van der Waals surface area (Å²) in [4.78, 5) is 9.58. The van der Waals surface area contributed by atoms with E-state index in [2.05, 4.69) is 33.2 Å². The van der Waals surface area contributed by atoms with Crippen LogP contribution in [0.5, 0.6) is 11.5 Å². The van der Waals surface area contributed by atoms with Gasteiger partial charge in [0.05, 0.1) is 27.0 Å². The Labute approximate surface area is 173 Å². The van der Waals surface area contributed by atoms with Gasteiger partial charge in [0.2, 0.25) is 0 Å². The second-order valence-electron chi connectivity index (χ2n) is 7.13. The lowest BCUT2D eigenvalue weighted by atomic mass is 10.1. The van der Waals surface area contributed by atoms with Gasteiger partial charge in [-0.15, -0.1) is 0 Å². The van der Waals surface area contributed by atoms with E-state index in [1.807, 2.05) is 36.3 Å². The molecule has 1 aromatic carbocycles. The molecule has 1 aliphatic rings. The zero-order valence-corrected chi connectivity index (χ0v) is 17.9. The Morgan fingerprint density at radius 1 is 1.17 bits per heavy atom. The van der Waals surface area contributed by atoms with Crippen LogP contribution in [-0.2, 0) is 20.1 Å². The Balaban J connectivity index is 1.59. The van der Waals surface area contributed by atoms with E-state index < -0.39 is 0 Å². The smallest absolute Gasteiger partial charge is 0.194 e. The largest absolute Gasteiger partial charge is 0.497 e. The number of aryl methyl sites for hydroxylation is 1. The highest BCUT2D eigenvalue weighted by Gasteiger charge is 2.21. The van der Waals surface area contributed by atoms with Crippen LogP contribution in [0.2, 0.25) is 0 Å². The first-order valence-electron chi connectivity index (χ1n) is 10.1. The Morgan fingerprint density at radius 2 is 1.97 bits per heavy atom. The molecule has 1 N–H and O–H groups in total. The SMILES string of the molecule is CCNC(=NCc1cnn(C)c1)N1CCN(Cc2cc(OC)ccc2OC)CC1. The Hall–Kier alpha value is -2.74. The number of piperazine rings is 1. The quantitative estimate of drug-likeness (QED) is 0.564. The molecule has 0 radical (unpaired) electrons. The van der Waals surface area contributed by atoms with Crippen molar-refractivity contribution in [1.82, 2.24) is 24.9 Å². The number of methoxy groups -OCH3 is 2. The second kappa shape index (κ2) is 10.2. The number of rotatable bonds is 7. The van der Waals surface area contributed by atoms with E-state index in [9.17, 15) is 0 Å². The van der Waals surface area contributed by atoms with Gasteiger partial charge in [-0.25, -0.2) is 4.99 Å². The summed E-state index contributed by atoms with van der Waals surface area (Å²) in [6.07, 6.45) is 3.87. The topological polar surface area (TPSA) is 67.2 Å². The maximum atomic E-state index is 5.52. The maximum absolute atomic E-state index is 5.52. The molecule has 0 amide bonds. The van der Waals surface area contributed by atoms with Crippen LogP contribution in [0.3, 0.4) is 0 Å². The molecule has 158 valence electrons. The molecule has 1 fully saturated rings. The molecule has 0 atom stereocenters. The lowest BCUT2D eigenvalue weighted by Gasteiger charge is -2.36. The molecule has 29 heavy (non-hydrogen) atoms. The van der Waals surface area contributed by atoms with E-state index in [0.29, 0.717) is 6.54 Å². The highest BCUT2D eigenvalue weighted by atomic mass is 16.5. The standard InChI is InChI=1S/C21H32N6O2/c1-5-22-21(23-13-17-14-24-25(2)15-17)27-10-8-26(9-11-27)16-18-12-19(28-3)6-7-20(18)29-4/h6-7,12,14-15H,5,8-11,13,16H2,1-4H3,(H,22,23). The molecule has 2 heterocycles. The molecule has 8 nitrogen and oxygen atoms in total. The van der Waals surface area contributed by atoms with Crippen LogP contribution in [0, 0.1) is 0 Å². The summed E-state index contributed by atoms with van der Waals surface area (Å²) in [5.41, 5.74) is 2.27. The van der Waals surface area contributed by atoms with Crippen molar-refractivity contribution in [2.24, 2.45) is 12.0 Å². The van der Waals surface area contributed by atoms with E-state index in [1.54, 1.807) is 14.2 Å². The molecule has 1 aromatic heterocycles. The first-order chi connectivity index (χ1) is 14.1. The van der Waals surface area contributed by atoms with Crippen molar-refractivity contribution >= 4 is 5.96 Å². The Bertz CT molecular complexity index is 811. The van der Waals surface area contributed by atoms with Crippen molar-refractivity contribution in [2.75, 3.05) is 46.9 Å². The van der Waals surface area contributed by atoms with E-state index in [1.165, 1.54) is 0 Å². The first-order valence-corrected chi connectivity index (χ1v) is 10.1. The molecule has 0 aliphatic carbocycles. The number of hydrogen-bond acceptors (Lipinski definition) is 5. The average molecular weight is 401 g/mol. The van der Waals surface area contributed by atoms with E-state index >= 15 is 0 Å². The van der Waals surface area contributed by atoms with Gasteiger partial charge in [-0.3, -0.25) is 9.58 Å². The zero-order valence-electron chi connectivity index (χ0n) is 17.9. The van der Waals surface area contributed by atoms with Crippen LogP contribution in [-0.4, -0.2) is 72.5 Å². The Kier molecular flexibility index (Phi) is 7.35. The summed E-state index contributed by atoms with van der Waals surface area (Å²) in [5.74, 6) is 2.73. The summed E-state index contributed by atoms with van der Waals surface area (Å²) < 4.78 is 12.7. The fraction of sp³-hybridized carbons (Fsp3) is 0.524. The third kappa shape index (κ3) is 5.63. The minimum Gasteiger partial charge on any atom is -0.497 e. The van der Waals surface area contributed by atoms with Gasteiger partial charge in [0.1, 0.15) is 11.5 Å². The lowest BCUT2D eigenvalue weighted by molar-refractivity contribution is 0.171. The summed E-state index contributed by atoms with van der Waals surface area (Å²) >= 11 is 0. The molecule has 0 saturated carbocycles. The summed E-state index contributed by atoms with van der Waals surface area (Å²) in [7, 11) is 5.33. The van der Waals surface area contributed by atoms with Gasteiger partial charge in [0.25, 0.3) is 0 Å². The predicted molar refractivity (Wildman–Crippen MR) is 114 cm³/mol. The number of benzene rings is 1. The zero-order chi connectivity index (χ0) is 20.6. The molecule has 1 aliphatic heterocycles. The van der Waals surface area contributed by atoms with Gasteiger partial charge < -0.3 is 19.7 Å². The van der Waals surface area contributed by atoms with Crippen LogP contribution < -0.4 is 14.8 Å². The fourth-order valence-electron chi connectivity index (χ4n) is 3.51. The summed E-state index contributed by atoms with van der Waals surface area (Å²) in [6.45, 7) is 8.25. The van der Waals surface area contributed by atoms with E-state index in [4.69, 9.17) is 14.5 Å². The van der Waals surface area contributed by atoms with Crippen molar-refractivity contribution in [3.05, 3.63) is 41.7 Å². The molecular weight excluding hydrogens is 368 g/mol. The lowest BCUT2D eigenvalue weighted by Crippen LogP contribution is -2.52. The molecule has 3 rings (SSSR count). The molecule has 1 saturated heterocycles. The number of aliphatic imine (C=N–C) groups is 1. The van der Waals surface area contributed by atoms with Gasteiger partial charge in [-0.2, -0.15) is 5.10 Å². The second-order valence-corrected chi connectivity index (χ2v) is 7.13. The van der Waals surface area contributed by atoms with E-state index in [0.717, 1.165) is 67.9 Å². The van der Waals surface area contributed by atoms with E-state index in [-0.39, 0.29) is 0 Å². The molecular formula is C21H32N6O2. The third-order valence-electron chi connectivity index (χ3n) is 5.06. The number of ether oxygens (including phenoxy) is 2. The fourth-order valence-corrected chi connectivity index (χ4v) is 3.51. The normalized spacial score (nSPS) is 15.4. The van der Waals surface area contributed by atoms with Crippen LogP contribution >= 0.6 is 0 Å². The molecule has 0 spiro atoms. The molecule has 2 aromatic rings. The highest BCUT2D eigenvalue weighted by molar-refractivity contribution is 5.80. The van der Waals surface area contributed by atoms with Crippen molar-refractivity contribution in [3.8, 4) is 11.5 Å². The summed E-state index contributed by atoms with van der Waals surface area (Å²) in [6, 6.07) is 5.96. The minimum absolute atomic E-state index is 0.636. The minimum atomic E-state index is 0.636. The average Bonchev–Trinajstić information content (AvgIpc) is 3.17. The van der Waals surface area contributed by atoms with Crippen molar-refractivity contribution in [1.29, 1.82) is 0 Å². The van der Waals surface area contributed by atoms with Crippen LogP contribution in [0.25, 0.3) is 0 Å².